The molecule has 0 bridgehead atoms. The zero-order chi connectivity index (χ0) is 34.5. The van der Waals surface area contributed by atoms with Gasteiger partial charge >= 0.3 is 11.9 Å². The number of amides is 1. The molecule has 5 aromatic rings. The van der Waals surface area contributed by atoms with Crippen molar-refractivity contribution in [1.82, 2.24) is 25.1 Å². The highest BCUT2D eigenvalue weighted by Gasteiger charge is 2.36. The number of carboxylic acid groups (broad SMARTS) is 1. The maximum absolute atomic E-state index is 14.2. The van der Waals surface area contributed by atoms with Gasteiger partial charge in [-0.3, -0.25) is 14.4 Å². The maximum atomic E-state index is 14.2. The van der Waals surface area contributed by atoms with E-state index < -0.39 is 12.0 Å². The minimum Gasteiger partial charge on any atom is -0.478 e. The van der Waals surface area contributed by atoms with Crippen LogP contribution in [0.15, 0.2) is 97.3 Å². The van der Waals surface area contributed by atoms with Crippen LogP contribution in [0, 0.1) is 0 Å². The van der Waals surface area contributed by atoms with Crippen molar-refractivity contribution in [2.75, 3.05) is 13.7 Å². The highest BCUT2D eigenvalue weighted by atomic mass is 35.5. The summed E-state index contributed by atoms with van der Waals surface area (Å²) < 4.78 is 6.25. The summed E-state index contributed by atoms with van der Waals surface area (Å²) in [5.41, 5.74) is 6.29. The molecule has 1 amide bonds. The number of ether oxygens (including phenoxy) is 1. The lowest BCUT2D eigenvalue weighted by atomic mass is 9.83. The Morgan fingerprint density at radius 2 is 1.69 bits per heavy atom. The van der Waals surface area contributed by atoms with Crippen LogP contribution in [0.2, 0.25) is 5.02 Å². The Balaban J connectivity index is 1.35. The third-order valence-corrected chi connectivity index (χ3v) is 8.66. The van der Waals surface area contributed by atoms with Crippen molar-refractivity contribution in [2.24, 2.45) is 0 Å². The smallest absolute Gasteiger partial charge is 0.335 e. The molecule has 1 aliphatic heterocycles. The highest BCUT2D eigenvalue weighted by Crippen LogP contribution is 2.37. The number of carboxylic acids is 1. The molecule has 6 rings (SSSR count). The molecule has 0 spiro atoms. The molecule has 0 saturated carbocycles. The molecule has 0 saturated heterocycles. The number of nitrogens with zero attached hydrogens (tertiary/aromatic N) is 5. The molecule has 1 atom stereocenters. The van der Waals surface area contributed by atoms with Crippen LogP contribution in [0.1, 0.15) is 44.2 Å². The molecule has 0 fully saturated rings. The highest BCUT2D eigenvalue weighted by molar-refractivity contribution is 6.30. The van der Waals surface area contributed by atoms with E-state index in [-0.39, 0.29) is 42.6 Å². The zero-order valence-corrected chi connectivity index (χ0v) is 27.1. The second-order valence-corrected chi connectivity index (χ2v) is 11.9. The molecule has 1 N–H and O–H groups in total. The average Bonchev–Trinajstić information content (AvgIpc) is 3.65. The summed E-state index contributed by atoms with van der Waals surface area (Å²) in [7, 11) is 1.35. The Bertz CT molecular complexity index is 2060. The Morgan fingerprint density at radius 1 is 0.959 bits per heavy atom. The Kier molecular flexibility index (Phi) is 9.72. The molecule has 246 valence electrons. The second-order valence-electron chi connectivity index (χ2n) is 11.4. The number of hydrogen-bond acceptors (Lipinski definition) is 8. The minimum absolute atomic E-state index is 0.0122. The molecule has 4 aromatic carbocycles. The number of halogens is 1. The SMILES string of the molecule is COC(=O)Cc1ccc(-c2cccc3c2CCN(C(=O)/C=C/c2cc(Cl)ccc2-n2cnnn2)C3C(=O)Cc2ccc(C(=O)O)cc2)cc1. The van der Waals surface area contributed by atoms with Crippen LogP contribution in [0.3, 0.4) is 0 Å². The number of tetrazole rings is 1. The Morgan fingerprint density at radius 3 is 2.39 bits per heavy atom. The predicted octanol–water partition coefficient (Wildman–Crippen LogP) is 5.35. The lowest BCUT2D eigenvalue weighted by Crippen LogP contribution is -2.43. The van der Waals surface area contributed by atoms with Crippen molar-refractivity contribution < 1.29 is 29.0 Å². The molecular formula is C37H30ClN5O6. The van der Waals surface area contributed by atoms with Gasteiger partial charge in [0.15, 0.2) is 5.78 Å². The van der Waals surface area contributed by atoms with Gasteiger partial charge < -0.3 is 14.7 Å². The van der Waals surface area contributed by atoms with E-state index in [0.717, 1.165) is 22.3 Å². The van der Waals surface area contributed by atoms with Crippen LogP contribution in [-0.2, 0) is 38.4 Å². The van der Waals surface area contributed by atoms with Crippen molar-refractivity contribution in [3.05, 3.63) is 136 Å². The number of esters is 1. The normalized spacial score (nSPS) is 14.0. The van der Waals surface area contributed by atoms with E-state index in [1.807, 2.05) is 42.5 Å². The van der Waals surface area contributed by atoms with E-state index in [9.17, 15) is 24.3 Å². The number of benzene rings is 4. The number of carbonyl (C=O) groups excluding carboxylic acids is 3. The molecule has 1 aliphatic rings. The molecule has 1 unspecified atom stereocenters. The number of methoxy groups -OCH3 is 1. The van der Waals surface area contributed by atoms with Crippen LogP contribution in [0.4, 0.5) is 0 Å². The maximum Gasteiger partial charge on any atom is 0.335 e. The summed E-state index contributed by atoms with van der Waals surface area (Å²) in [6, 6.07) is 23.7. The van der Waals surface area contributed by atoms with Gasteiger partial charge in [0.25, 0.3) is 0 Å². The number of Topliss-reactive ketones (excluding diaryl/α,β-unsaturated/α-hetero) is 1. The van der Waals surface area contributed by atoms with Gasteiger partial charge in [0.1, 0.15) is 12.4 Å². The van der Waals surface area contributed by atoms with Crippen molar-refractivity contribution in [2.45, 2.75) is 25.3 Å². The molecule has 1 aromatic heterocycles. The lowest BCUT2D eigenvalue weighted by Gasteiger charge is -2.37. The van der Waals surface area contributed by atoms with Crippen LogP contribution in [-0.4, -0.2) is 67.5 Å². The largest absolute Gasteiger partial charge is 0.478 e. The van der Waals surface area contributed by atoms with Crippen LogP contribution in [0.25, 0.3) is 22.9 Å². The van der Waals surface area contributed by atoms with Gasteiger partial charge in [-0.15, -0.1) is 5.10 Å². The van der Waals surface area contributed by atoms with Crippen molar-refractivity contribution in [3.63, 3.8) is 0 Å². The number of aromatic carboxylic acids is 1. The van der Waals surface area contributed by atoms with E-state index in [2.05, 4.69) is 15.5 Å². The summed E-state index contributed by atoms with van der Waals surface area (Å²) in [5, 5.41) is 21.1. The number of ketones is 1. The molecule has 11 nitrogen and oxygen atoms in total. The summed E-state index contributed by atoms with van der Waals surface area (Å²) in [6.07, 6.45) is 5.12. The fraction of sp³-hybridized carbons (Fsp3) is 0.162. The number of rotatable bonds is 10. The fourth-order valence-corrected chi connectivity index (χ4v) is 6.20. The number of aromatic nitrogens is 4. The first-order valence-corrected chi connectivity index (χ1v) is 15.7. The molecule has 0 aliphatic carbocycles. The summed E-state index contributed by atoms with van der Waals surface area (Å²) >= 11 is 6.28. The zero-order valence-electron chi connectivity index (χ0n) is 26.3. The van der Waals surface area contributed by atoms with E-state index >= 15 is 0 Å². The molecule has 0 radical (unpaired) electrons. The Hall–Kier alpha value is -5.94. The molecule has 49 heavy (non-hydrogen) atoms. The van der Waals surface area contributed by atoms with E-state index in [1.54, 1.807) is 41.3 Å². The van der Waals surface area contributed by atoms with E-state index in [4.69, 9.17) is 16.3 Å². The number of carbonyl (C=O) groups is 4. The van der Waals surface area contributed by atoms with Gasteiger partial charge in [-0.1, -0.05) is 66.2 Å². The van der Waals surface area contributed by atoms with Crippen LogP contribution >= 0.6 is 11.6 Å². The average molecular weight is 676 g/mol. The third kappa shape index (κ3) is 7.31. The van der Waals surface area contributed by atoms with E-state index in [0.29, 0.717) is 33.8 Å². The van der Waals surface area contributed by atoms with Gasteiger partial charge in [-0.25, -0.2) is 4.79 Å². The minimum atomic E-state index is -1.06. The summed E-state index contributed by atoms with van der Waals surface area (Å²) in [4.78, 5) is 52.9. The standard InChI is InChI=1S/C37H30ClN5O6/c1-49-35(46)20-24-5-9-25(10-6-24)29-3-2-4-31-30(29)17-18-42(36(31)33(44)19-23-7-11-26(12-8-23)37(47)48)34(45)16-13-27-21-28(38)14-15-32(27)43-22-39-40-41-43/h2-16,21-22,36H,17-20H2,1H3,(H,47,48)/b16-13+. The predicted molar refractivity (Wildman–Crippen MR) is 181 cm³/mol. The van der Waals surface area contributed by atoms with E-state index in [1.165, 1.54) is 36.3 Å². The topological polar surface area (TPSA) is 145 Å². The fourth-order valence-electron chi connectivity index (χ4n) is 6.02. The van der Waals surface area contributed by atoms with Crippen molar-refractivity contribution in [3.8, 4) is 16.8 Å². The van der Waals surface area contributed by atoms with Gasteiger partial charge in [0, 0.05) is 29.6 Å². The quantitative estimate of drug-likeness (QED) is 0.153. The lowest BCUT2D eigenvalue weighted by molar-refractivity contribution is -0.139. The monoisotopic (exact) mass is 675 g/mol. The van der Waals surface area contributed by atoms with Gasteiger partial charge in [-0.05, 0) is 86.6 Å². The molecule has 2 heterocycles. The third-order valence-electron chi connectivity index (χ3n) is 8.42. The Labute approximate surface area is 286 Å². The molecule has 12 heteroatoms. The number of fused-ring (bicyclic) bond motifs is 1. The summed E-state index contributed by atoms with van der Waals surface area (Å²) in [6.45, 7) is 0.275. The van der Waals surface area contributed by atoms with Gasteiger partial charge in [0.05, 0.1) is 24.8 Å². The van der Waals surface area contributed by atoms with Crippen molar-refractivity contribution in [1.29, 1.82) is 0 Å². The van der Waals surface area contributed by atoms with Gasteiger partial charge in [0.2, 0.25) is 5.91 Å². The van der Waals surface area contributed by atoms with Crippen LogP contribution < -0.4 is 0 Å². The van der Waals surface area contributed by atoms with Gasteiger partial charge in [-0.2, -0.15) is 4.68 Å². The first-order valence-electron chi connectivity index (χ1n) is 15.4. The summed E-state index contributed by atoms with van der Waals surface area (Å²) in [5.74, 6) is -1.97. The number of hydrogen-bond donors (Lipinski definition) is 1. The first kappa shape index (κ1) is 33.0. The molecular weight excluding hydrogens is 646 g/mol. The van der Waals surface area contributed by atoms with Crippen molar-refractivity contribution >= 4 is 41.3 Å². The second kappa shape index (κ2) is 14.4. The first-order chi connectivity index (χ1) is 23.7. The van der Waals surface area contributed by atoms with Crippen LogP contribution in [0.5, 0.6) is 0 Å².